The summed E-state index contributed by atoms with van der Waals surface area (Å²) >= 11 is 0. The van der Waals surface area contributed by atoms with Crippen LogP contribution in [0, 0.1) is 5.92 Å². The highest BCUT2D eigenvalue weighted by atomic mass is 32.2. The normalized spacial score (nSPS) is 19.8. The van der Waals surface area contributed by atoms with Gasteiger partial charge in [0.05, 0.1) is 29.1 Å². The van der Waals surface area contributed by atoms with E-state index in [4.69, 9.17) is 9.97 Å². The molecule has 2 atom stereocenters. The number of aliphatic hydroxyl groups is 1. The van der Waals surface area contributed by atoms with E-state index in [0.717, 1.165) is 37.6 Å². The summed E-state index contributed by atoms with van der Waals surface area (Å²) < 4.78 is 12.5. The van der Waals surface area contributed by atoms with Crippen molar-refractivity contribution < 1.29 is 9.32 Å². The minimum atomic E-state index is -1.12. The third kappa shape index (κ3) is 4.20. The molecule has 0 radical (unpaired) electrons. The Hall–Kier alpha value is -2.46. The topological polar surface area (TPSA) is 114 Å². The van der Waals surface area contributed by atoms with Crippen LogP contribution in [0.2, 0.25) is 0 Å². The number of aliphatic hydroxyl groups excluding tert-OH is 1. The average molecular weight is 433 g/mol. The Bertz CT molecular complexity index is 987. The molecule has 0 saturated carbocycles. The van der Waals surface area contributed by atoms with Crippen LogP contribution in [-0.4, -0.2) is 68.8 Å². The molecule has 2 aliphatic heterocycles. The first-order chi connectivity index (χ1) is 14.5. The lowest BCUT2D eigenvalue weighted by Gasteiger charge is -2.36. The zero-order chi connectivity index (χ0) is 21.3. The van der Waals surface area contributed by atoms with E-state index in [1.807, 2.05) is 19.9 Å². The number of pyridine rings is 1. The standard InChI is InChI=1S/C20H28N6O3S/c1-13(2)16(12-27)22-19-18-15(4-10-30(18)29)23-20(24-19)26-8-6-25(7-9-26)14-3-5-21-17(28)11-14/h3,5,11,13,16,27H,4,6-10,12H2,1-2H3,(H,21,28)(H,22,23,24)/t16-,30?/m0/s1. The molecule has 2 aliphatic rings. The maximum Gasteiger partial charge on any atom is 0.249 e. The van der Waals surface area contributed by atoms with Gasteiger partial charge in [0.2, 0.25) is 11.5 Å². The maximum atomic E-state index is 12.5. The van der Waals surface area contributed by atoms with Crippen molar-refractivity contribution in [3.63, 3.8) is 0 Å². The van der Waals surface area contributed by atoms with E-state index in [1.54, 1.807) is 12.3 Å². The van der Waals surface area contributed by atoms with Crippen LogP contribution in [0.4, 0.5) is 17.5 Å². The SMILES string of the molecule is CC(C)[C@H](CO)Nc1nc(N2CCN(c3cc[nH]c(=O)c3)CC2)nc2c1S(=O)CC2. The molecule has 1 fully saturated rings. The number of anilines is 3. The van der Waals surface area contributed by atoms with Gasteiger partial charge in [-0.3, -0.25) is 9.00 Å². The molecule has 162 valence electrons. The van der Waals surface area contributed by atoms with E-state index in [9.17, 15) is 14.1 Å². The van der Waals surface area contributed by atoms with Gasteiger partial charge >= 0.3 is 0 Å². The number of fused-ring (bicyclic) bond motifs is 1. The van der Waals surface area contributed by atoms with E-state index in [2.05, 4.69) is 20.1 Å². The number of nitrogens with zero attached hydrogens (tertiary/aromatic N) is 4. The Morgan fingerprint density at radius 3 is 2.63 bits per heavy atom. The molecule has 1 saturated heterocycles. The molecule has 0 spiro atoms. The molecule has 0 aliphatic carbocycles. The van der Waals surface area contributed by atoms with Crippen molar-refractivity contribution in [1.29, 1.82) is 0 Å². The van der Waals surface area contributed by atoms with E-state index in [1.165, 1.54) is 0 Å². The quantitative estimate of drug-likeness (QED) is 0.608. The summed E-state index contributed by atoms with van der Waals surface area (Å²) in [5.74, 6) is 1.97. The molecular formula is C20H28N6O3S. The fourth-order valence-corrected chi connectivity index (χ4v) is 5.13. The number of nitrogens with one attached hydrogen (secondary N) is 2. The van der Waals surface area contributed by atoms with Gasteiger partial charge in [-0.2, -0.15) is 4.98 Å². The Kier molecular flexibility index (Phi) is 6.05. The second kappa shape index (κ2) is 8.73. The lowest BCUT2D eigenvalue weighted by atomic mass is 10.1. The summed E-state index contributed by atoms with van der Waals surface area (Å²) in [6.07, 6.45) is 2.34. The van der Waals surface area contributed by atoms with E-state index in [-0.39, 0.29) is 24.1 Å². The van der Waals surface area contributed by atoms with Crippen LogP contribution in [0.1, 0.15) is 19.5 Å². The molecule has 3 N–H and O–H groups in total. The smallest absolute Gasteiger partial charge is 0.249 e. The van der Waals surface area contributed by atoms with E-state index >= 15 is 0 Å². The minimum Gasteiger partial charge on any atom is -0.394 e. The van der Waals surface area contributed by atoms with Gasteiger partial charge in [0, 0.05) is 56.3 Å². The predicted octanol–water partition coefficient (Wildman–Crippen LogP) is 0.584. The molecule has 4 heterocycles. The van der Waals surface area contributed by atoms with Crippen molar-refractivity contribution in [2.75, 3.05) is 53.7 Å². The molecule has 0 bridgehead atoms. The van der Waals surface area contributed by atoms with Crippen molar-refractivity contribution in [2.45, 2.75) is 31.2 Å². The van der Waals surface area contributed by atoms with Gasteiger partial charge in [-0.15, -0.1) is 0 Å². The van der Waals surface area contributed by atoms with Gasteiger partial charge in [-0.25, -0.2) is 4.98 Å². The van der Waals surface area contributed by atoms with Crippen LogP contribution in [0.3, 0.4) is 0 Å². The molecule has 2 aromatic rings. The monoisotopic (exact) mass is 432 g/mol. The van der Waals surface area contributed by atoms with Crippen LogP contribution >= 0.6 is 0 Å². The number of aromatic amines is 1. The Morgan fingerprint density at radius 1 is 1.23 bits per heavy atom. The minimum absolute atomic E-state index is 0.0205. The van der Waals surface area contributed by atoms with Gasteiger partial charge in [-0.1, -0.05) is 13.8 Å². The lowest BCUT2D eigenvalue weighted by Crippen LogP contribution is -2.47. The number of H-pyrrole nitrogens is 1. The van der Waals surface area contributed by atoms with Crippen LogP contribution in [0.5, 0.6) is 0 Å². The van der Waals surface area contributed by atoms with Crippen LogP contribution in [-0.2, 0) is 17.2 Å². The van der Waals surface area contributed by atoms with E-state index in [0.29, 0.717) is 28.8 Å². The van der Waals surface area contributed by atoms with Crippen LogP contribution in [0.15, 0.2) is 28.0 Å². The number of hydrogen-bond acceptors (Lipinski definition) is 8. The first kappa shape index (κ1) is 20.8. The Balaban J connectivity index is 1.56. The zero-order valence-electron chi connectivity index (χ0n) is 17.3. The molecule has 2 aromatic heterocycles. The Labute approximate surface area is 178 Å². The van der Waals surface area contributed by atoms with Crippen molar-refractivity contribution in [2.24, 2.45) is 5.92 Å². The van der Waals surface area contributed by atoms with E-state index < -0.39 is 10.8 Å². The summed E-state index contributed by atoms with van der Waals surface area (Å²) in [6.45, 7) is 6.99. The third-order valence-corrected chi connectivity index (χ3v) is 7.14. The third-order valence-electron chi connectivity index (χ3n) is 5.69. The fourth-order valence-electron chi connectivity index (χ4n) is 3.82. The van der Waals surface area contributed by atoms with Crippen molar-refractivity contribution in [3.8, 4) is 0 Å². The summed E-state index contributed by atoms with van der Waals surface area (Å²) in [6, 6.07) is 3.35. The maximum absolute atomic E-state index is 12.5. The van der Waals surface area contributed by atoms with Crippen molar-refractivity contribution >= 4 is 28.3 Å². The number of piperazine rings is 1. The van der Waals surface area contributed by atoms with Gasteiger partial charge in [0.25, 0.3) is 0 Å². The molecule has 30 heavy (non-hydrogen) atoms. The number of aryl methyl sites for hydroxylation is 1. The number of rotatable bonds is 6. The first-order valence-corrected chi connectivity index (χ1v) is 11.6. The Morgan fingerprint density at radius 2 is 1.97 bits per heavy atom. The second-order valence-electron chi connectivity index (χ2n) is 8.01. The van der Waals surface area contributed by atoms with Gasteiger partial charge in [0.1, 0.15) is 10.7 Å². The van der Waals surface area contributed by atoms with Crippen molar-refractivity contribution in [3.05, 3.63) is 34.4 Å². The summed E-state index contributed by atoms with van der Waals surface area (Å²) in [5.41, 5.74) is 1.64. The van der Waals surface area contributed by atoms with Crippen molar-refractivity contribution in [1.82, 2.24) is 15.0 Å². The van der Waals surface area contributed by atoms with Gasteiger partial charge < -0.3 is 25.2 Å². The van der Waals surface area contributed by atoms with Gasteiger partial charge in [0.15, 0.2) is 0 Å². The predicted molar refractivity (Wildman–Crippen MR) is 118 cm³/mol. The molecule has 1 unspecified atom stereocenters. The van der Waals surface area contributed by atoms with Crippen LogP contribution in [0.25, 0.3) is 0 Å². The molecule has 4 rings (SSSR count). The lowest BCUT2D eigenvalue weighted by molar-refractivity contribution is 0.249. The summed E-state index contributed by atoms with van der Waals surface area (Å²) in [7, 11) is -1.12. The molecule has 0 aromatic carbocycles. The largest absolute Gasteiger partial charge is 0.394 e. The molecular weight excluding hydrogens is 404 g/mol. The molecule has 9 nitrogen and oxygen atoms in total. The summed E-state index contributed by atoms with van der Waals surface area (Å²) in [5, 5.41) is 13.0. The fraction of sp³-hybridized carbons (Fsp3) is 0.550. The zero-order valence-corrected chi connectivity index (χ0v) is 18.1. The summed E-state index contributed by atoms with van der Waals surface area (Å²) in [4.78, 5) is 28.7. The number of aromatic nitrogens is 3. The highest BCUT2D eigenvalue weighted by Crippen LogP contribution is 2.31. The van der Waals surface area contributed by atoms with Crippen LogP contribution < -0.4 is 20.7 Å². The average Bonchev–Trinajstić information content (AvgIpc) is 3.12. The van der Waals surface area contributed by atoms with Gasteiger partial charge in [-0.05, 0) is 12.0 Å². The highest BCUT2D eigenvalue weighted by Gasteiger charge is 2.29. The molecule has 10 heteroatoms. The highest BCUT2D eigenvalue weighted by molar-refractivity contribution is 7.85. The molecule has 0 amide bonds. The first-order valence-electron chi connectivity index (χ1n) is 10.3. The number of hydrogen-bond donors (Lipinski definition) is 3. The second-order valence-corrected chi connectivity index (χ2v) is 9.52.